The number of nitriles is 1. The lowest BCUT2D eigenvalue weighted by molar-refractivity contribution is -0.351. The molecular formula is C24H14ClF7N8O3. The van der Waals surface area contributed by atoms with Gasteiger partial charge in [0.1, 0.15) is 12.2 Å². The number of hydrogen-bond acceptors (Lipinski definition) is 8. The first-order valence-corrected chi connectivity index (χ1v) is 12.0. The molecule has 224 valence electrons. The molecule has 19 heteroatoms. The van der Waals surface area contributed by atoms with Crippen molar-refractivity contribution in [1.29, 1.82) is 5.26 Å². The topological polar surface area (TPSA) is 152 Å². The second-order valence-electron chi connectivity index (χ2n) is 8.88. The number of rotatable bonds is 8. The Kier molecular flexibility index (Phi) is 7.98. The van der Waals surface area contributed by atoms with E-state index in [1.165, 1.54) is 31.3 Å². The minimum atomic E-state index is -6.46. The highest BCUT2D eigenvalue weighted by molar-refractivity contribution is 6.32. The molecule has 43 heavy (non-hydrogen) atoms. The number of benzene rings is 1. The van der Waals surface area contributed by atoms with Gasteiger partial charge in [0.05, 0.1) is 27.9 Å². The molecule has 0 fully saturated rings. The van der Waals surface area contributed by atoms with Gasteiger partial charge in [-0.05, 0) is 53.6 Å². The lowest BCUT2D eigenvalue weighted by Crippen LogP contribution is -2.51. The summed E-state index contributed by atoms with van der Waals surface area (Å²) in [6.45, 7) is 0.696. The van der Waals surface area contributed by atoms with Crippen molar-refractivity contribution >= 4 is 23.4 Å². The Balaban J connectivity index is 1.76. The Bertz CT molecular complexity index is 1760. The van der Waals surface area contributed by atoms with Gasteiger partial charge in [-0.1, -0.05) is 11.6 Å². The summed E-state index contributed by atoms with van der Waals surface area (Å²) in [6.07, 6.45) is -12.2. The summed E-state index contributed by atoms with van der Waals surface area (Å²) in [5, 5.41) is 31.5. The standard InChI is InChI=1S/C24H14ClF7N8O3/c1-11-5-12(9-33)6-15(20(42)43)14(11)8-18(41)17-7-13(36-40(17)19-16(25)3-2-4-34-19)10-39-37-21(35-38-39)22(26,23(27,28)29)24(30,31)32/h2-7H,8,10H2,1H3,(H,42,43). The molecule has 0 saturated carbocycles. The maximum atomic E-state index is 14.3. The number of nitrogens with zero attached hydrogens (tertiary/aromatic N) is 8. The number of halogens is 8. The Morgan fingerprint density at radius 1 is 1.07 bits per heavy atom. The molecule has 4 rings (SSSR count). The number of carboxylic acid groups (broad SMARTS) is 1. The van der Waals surface area contributed by atoms with Crippen LogP contribution in [0.15, 0.2) is 36.5 Å². The summed E-state index contributed by atoms with van der Waals surface area (Å²) in [6, 6.07) is 8.15. The Morgan fingerprint density at radius 3 is 2.33 bits per heavy atom. The first kappa shape index (κ1) is 31.0. The Morgan fingerprint density at radius 2 is 1.74 bits per heavy atom. The second-order valence-corrected chi connectivity index (χ2v) is 9.28. The fourth-order valence-corrected chi connectivity index (χ4v) is 4.17. The molecule has 1 N–H and O–H groups in total. The average molecular weight is 631 g/mol. The zero-order valence-electron chi connectivity index (χ0n) is 21.2. The van der Waals surface area contributed by atoms with Gasteiger partial charge in [-0.2, -0.15) is 41.5 Å². The molecule has 0 unspecified atom stereocenters. The van der Waals surface area contributed by atoms with Crippen LogP contribution in [-0.2, 0) is 18.6 Å². The normalized spacial score (nSPS) is 12.3. The smallest absolute Gasteiger partial charge is 0.439 e. The molecule has 0 atom stereocenters. The minimum Gasteiger partial charge on any atom is -0.478 e. The summed E-state index contributed by atoms with van der Waals surface area (Å²) >= 11 is 6.19. The van der Waals surface area contributed by atoms with Gasteiger partial charge in [0.15, 0.2) is 11.6 Å². The number of pyridine rings is 1. The van der Waals surface area contributed by atoms with Crippen molar-refractivity contribution < 1.29 is 45.4 Å². The van der Waals surface area contributed by atoms with Gasteiger partial charge in [-0.25, -0.2) is 18.9 Å². The number of aromatic nitrogens is 7. The minimum absolute atomic E-state index is 0.0225. The van der Waals surface area contributed by atoms with Crippen LogP contribution in [0.25, 0.3) is 5.82 Å². The number of tetrazole rings is 1. The molecular weight excluding hydrogens is 617 g/mol. The molecule has 0 bridgehead atoms. The number of ketones is 1. The van der Waals surface area contributed by atoms with E-state index >= 15 is 0 Å². The highest BCUT2D eigenvalue weighted by atomic mass is 35.5. The van der Waals surface area contributed by atoms with E-state index in [4.69, 9.17) is 16.9 Å². The van der Waals surface area contributed by atoms with Crippen LogP contribution < -0.4 is 0 Å². The van der Waals surface area contributed by atoms with E-state index in [9.17, 15) is 45.4 Å². The first-order chi connectivity index (χ1) is 20.0. The van der Waals surface area contributed by atoms with Crippen molar-refractivity contribution in [3.63, 3.8) is 0 Å². The second kappa shape index (κ2) is 11.1. The number of aryl methyl sites for hydroxylation is 1. The average Bonchev–Trinajstić information content (AvgIpc) is 3.55. The molecule has 0 aliphatic carbocycles. The van der Waals surface area contributed by atoms with Crippen molar-refractivity contribution in [3.8, 4) is 11.9 Å². The van der Waals surface area contributed by atoms with E-state index in [2.05, 4.69) is 25.5 Å². The number of alkyl halides is 7. The fourth-order valence-electron chi connectivity index (χ4n) is 3.97. The first-order valence-electron chi connectivity index (χ1n) is 11.6. The SMILES string of the molecule is Cc1cc(C#N)cc(C(=O)O)c1CC(=O)c1cc(Cn2nnc(C(F)(C(F)(F)F)C(F)(F)F)n2)nn1-c1ncccc1Cl. The third kappa shape index (κ3) is 5.75. The van der Waals surface area contributed by atoms with Crippen LogP contribution in [0.3, 0.4) is 0 Å². The van der Waals surface area contributed by atoms with E-state index in [0.29, 0.717) is 5.56 Å². The molecule has 3 aromatic heterocycles. The number of aromatic carboxylic acids is 1. The predicted octanol–water partition coefficient (Wildman–Crippen LogP) is 4.55. The van der Waals surface area contributed by atoms with Crippen molar-refractivity contribution in [3.05, 3.63) is 81.0 Å². The lowest BCUT2D eigenvalue weighted by atomic mass is 9.94. The van der Waals surface area contributed by atoms with Gasteiger partial charge in [0, 0.05) is 12.6 Å². The molecule has 0 radical (unpaired) electrons. The van der Waals surface area contributed by atoms with E-state index in [-0.39, 0.29) is 43.7 Å². The monoisotopic (exact) mass is 630 g/mol. The Hall–Kier alpha value is -4.92. The zero-order chi connectivity index (χ0) is 31.9. The zero-order valence-corrected chi connectivity index (χ0v) is 22.0. The molecule has 0 aliphatic rings. The maximum Gasteiger partial charge on any atom is 0.439 e. The van der Waals surface area contributed by atoms with Crippen molar-refractivity contribution in [1.82, 2.24) is 35.0 Å². The number of Topliss-reactive ketones (excluding diaryl/α,β-unsaturated/α-hetero) is 1. The third-order valence-corrected chi connectivity index (χ3v) is 6.30. The van der Waals surface area contributed by atoms with Crippen LogP contribution >= 0.6 is 11.6 Å². The summed E-state index contributed by atoms with van der Waals surface area (Å²) in [4.78, 5) is 29.6. The largest absolute Gasteiger partial charge is 0.478 e. The van der Waals surface area contributed by atoms with Gasteiger partial charge >= 0.3 is 24.0 Å². The lowest BCUT2D eigenvalue weighted by Gasteiger charge is -2.26. The summed E-state index contributed by atoms with van der Waals surface area (Å²) in [7, 11) is 0. The molecule has 3 heterocycles. The van der Waals surface area contributed by atoms with Gasteiger partial charge in [0.2, 0.25) is 5.82 Å². The highest BCUT2D eigenvalue weighted by Crippen LogP contribution is 2.51. The molecule has 1 aromatic carbocycles. The van der Waals surface area contributed by atoms with E-state index in [1.54, 1.807) is 0 Å². The van der Waals surface area contributed by atoms with E-state index in [0.717, 1.165) is 16.8 Å². The Labute approximate surface area is 240 Å². The van der Waals surface area contributed by atoms with Crippen molar-refractivity contribution in [2.45, 2.75) is 37.9 Å². The molecule has 0 spiro atoms. The summed E-state index contributed by atoms with van der Waals surface area (Å²) in [5.74, 6) is -4.61. The van der Waals surface area contributed by atoms with E-state index < -0.39 is 48.6 Å². The fraction of sp³-hybridized carbons (Fsp3) is 0.250. The van der Waals surface area contributed by atoms with E-state index in [1.807, 2.05) is 6.07 Å². The molecule has 11 nitrogen and oxygen atoms in total. The number of carboxylic acids is 1. The van der Waals surface area contributed by atoms with Crippen molar-refractivity contribution in [2.24, 2.45) is 0 Å². The van der Waals surface area contributed by atoms with Crippen LogP contribution in [0, 0.1) is 18.3 Å². The summed E-state index contributed by atoms with van der Waals surface area (Å²) < 4.78 is 93.8. The number of hydrogen-bond donors (Lipinski definition) is 1. The molecule has 0 saturated heterocycles. The van der Waals surface area contributed by atoms with Crippen LogP contribution in [0.1, 0.15) is 49.1 Å². The third-order valence-electron chi connectivity index (χ3n) is 6.00. The number of carbonyl (C=O) groups is 2. The number of carbonyl (C=O) groups excluding carboxylic acids is 1. The highest BCUT2D eigenvalue weighted by Gasteiger charge is 2.76. The van der Waals surface area contributed by atoms with Crippen LogP contribution in [0.4, 0.5) is 30.7 Å². The molecule has 4 aromatic rings. The molecule has 0 amide bonds. The van der Waals surface area contributed by atoms with Crippen LogP contribution in [-0.4, -0.2) is 64.2 Å². The van der Waals surface area contributed by atoms with Crippen LogP contribution in [0.2, 0.25) is 5.02 Å². The van der Waals surface area contributed by atoms with Gasteiger partial charge in [0.25, 0.3) is 0 Å². The molecule has 0 aliphatic heterocycles. The van der Waals surface area contributed by atoms with Gasteiger partial charge in [-0.15, -0.1) is 10.2 Å². The summed E-state index contributed by atoms with van der Waals surface area (Å²) in [5.41, 5.74) is -6.35. The maximum absolute atomic E-state index is 14.3. The van der Waals surface area contributed by atoms with Crippen molar-refractivity contribution in [2.75, 3.05) is 0 Å². The van der Waals surface area contributed by atoms with Gasteiger partial charge in [-0.3, -0.25) is 4.79 Å². The quantitative estimate of drug-likeness (QED) is 0.218. The van der Waals surface area contributed by atoms with Crippen LogP contribution in [0.5, 0.6) is 0 Å². The predicted molar refractivity (Wildman–Crippen MR) is 129 cm³/mol. The van der Waals surface area contributed by atoms with Gasteiger partial charge < -0.3 is 5.11 Å².